The molecule has 0 radical (unpaired) electrons. The van der Waals surface area contributed by atoms with Crippen LogP contribution in [0.15, 0.2) is 29.2 Å². The van der Waals surface area contributed by atoms with Crippen LogP contribution in [0.3, 0.4) is 0 Å². The lowest BCUT2D eigenvalue weighted by Gasteiger charge is -2.19. The Morgan fingerprint density at radius 1 is 1.29 bits per heavy atom. The van der Waals surface area contributed by atoms with E-state index in [0.29, 0.717) is 5.69 Å². The molecule has 1 fully saturated rings. The summed E-state index contributed by atoms with van der Waals surface area (Å²) in [5.41, 5.74) is 0.435. The van der Waals surface area contributed by atoms with E-state index in [4.69, 9.17) is 0 Å². The van der Waals surface area contributed by atoms with E-state index in [1.165, 1.54) is 20.2 Å². The van der Waals surface area contributed by atoms with Crippen LogP contribution in [0.25, 0.3) is 0 Å². The monoisotopic (exact) mass is 311 g/mol. The molecular weight excluding hydrogens is 290 g/mol. The van der Waals surface area contributed by atoms with Crippen LogP contribution in [0.4, 0.5) is 5.69 Å². The Labute approximate surface area is 125 Å². The Kier molecular flexibility index (Phi) is 4.53. The highest BCUT2D eigenvalue weighted by atomic mass is 32.2. The zero-order valence-corrected chi connectivity index (χ0v) is 13.3. The maximum Gasteiger partial charge on any atom is 0.244 e. The fourth-order valence-corrected chi connectivity index (χ4v) is 2.91. The molecule has 1 aliphatic carbocycles. The van der Waals surface area contributed by atoms with E-state index in [1.807, 2.05) is 0 Å². The number of sulfonamides is 1. The third-order valence-electron chi connectivity index (χ3n) is 3.33. The van der Waals surface area contributed by atoms with Gasteiger partial charge in [-0.1, -0.05) is 12.1 Å². The van der Waals surface area contributed by atoms with Gasteiger partial charge in [0.1, 0.15) is 10.9 Å². The summed E-state index contributed by atoms with van der Waals surface area (Å²) in [5.74, 6) is -0.116. The second kappa shape index (κ2) is 6.03. The van der Waals surface area contributed by atoms with Gasteiger partial charge in [0.2, 0.25) is 15.9 Å². The number of nitrogens with one attached hydrogen (secondary N) is 2. The van der Waals surface area contributed by atoms with Crippen LogP contribution in [0.2, 0.25) is 0 Å². The summed E-state index contributed by atoms with van der Waals surface area (Å²) in [4.78, 5) is 12.1. The highest BCUT2D eigenvalue weighted by molar-refractivity contribution is 7.89. The molecule has 1 unspecified atom stereocenters. The van der Waals surface area contributed by atoms with Gasteiger partial charge < -0.3 is 10.6 Å². The third kappa shape index (κ3) is 3.74. The van der Waals surface area contributed by atoms with E-state index in [2.05, 4.69) is 10.6 Å². The van der Waals surface area contributed by atoms with Gasteiger partial charge in [0, 0.05) is 20.1 Å². The number of nitrogens with zero attached hydrogens (tertiary/aromatic N) is 1. The molecule has 1 saturated carbocycles. The zero-order valence-electron chi connectivity index (χ0n) is 12.5. The lowest BCUT2D eigenvalue weighted by atomic mass is 10.2. The maximum atomic E-state index is 12.3. The molecule has 6 nitrogen and oxygen atoms in total. The van der Waals surface area contributed by atoms with Gasteiger partial charge in [0.25, 0.3) is 0 Å². The van der Waals surface area contributed by atoms with Crippen LogP contribution in [-0.4, -0.2) is 44.8 Å². The smallest absolute Gasteiger partial charge is 0.244 e. The van der Waals surface area contributed by atoms with Gasteiger partial charge in [-0.25, -0.2) is 12.7 Å². The number of carbonyl (C=O) groups excluding carboxylic acids is 1. The van der Waals surface area contributed by atoms with E-state index in [0.717, 1.165) is 17.1 Å². The van der Waals surface area contributed by atoms with Crippen molar-refractivity contribution < 1.29 is 13.2 Å². The first kappa shape index (κ1) is 15.8. The van der Waals surface area contributed by atoms with Gasteiger partial charge in [-0.05, 0) is 31.9 Å². The van der Waals surface area contributed by atoms with Crippen molar-refractivity contribution in [1.82, 2.24) is 9.62 Å². The summed E-state index contributed by atoms with van der Waals surface area (Å²) in [6.45, 7) is 1.72. The summed E-state index contributed by atoms with van der Waals surface area (Å²) in [6, 6.07) is 6.38. The lowest BCUT2D eigenvalue weighted by molar-refractivity contribution is -0.121. The van der Waals surface area contributed by atoms with E-state index in [9.17, 15) is 13.2 Å². The number of para-hydroxylation sites is 1. The number of rotatable bonds is 6. The van der Waals surface area contributed by atoms with Crippen molar-refractivity contribution in [2.45, 2.75) is 36.7 Å². The molecule has 2 rings (SSSR count). The van der Waals surface area contributed by atoms with Crippen molar-refractivity contribution >= 4 is 21.6 Å². The number of hydrogen-bond donors (Lipinski definition) is 2. The van der Waals surface area contributed by atoms with Gasteiger partial charge in [0.05, 0.1) is 5.69 Å². The molecule has 0 heterocycles. The molecule has 1 aromatic carbocycles. The van der Waals surface area contributed by atoms with Crippen molar-refractivity contribution in [2.24, 2.45) is 0 Å². The van der Waals surface area contributed by atoms with Crippen LogP contribution in [0.5, 0.6) is 0 Å². The fourth-order valence-electron chi connectivity index (χ4n) is 1.86. The zero-order chi connectivity index (χ0) is 15.6. The van der Waals surface area contributed by atoms with Gasteiger partial charge in [-0.15, -0.1) is 0 Å². The topological polar surface area (TPSA) is 78.5 Å². The molecule has 1 atom stereocenters. The minimum Gasteiger partial charge on any atom is -0.373 e. The normalized spacial score (nSPS) is 16.6. The Balaban J connectivity index is 2.18. The number of benzene rings is 1. The first-order chi connectivity index (χ1) is 9.82. The highest BCUT2D eigenvalue weighted by Gasteiger charge is 2.27. The molecular formula is C14H21N3O3S. The molecule has 1 aliphatic rings. The van der Waals surface area contributed by atoms with Gasteiger partial charge in [-0.3, -0.25) is 4.79 Å². The average Bonchev–Trinajstić information content (AvgIpc) is 3.22. The van der Waals surface area contributed by atoms with Crippen molar-refractivity contribution in [3.8, 4) is 0 Å². The summed E-state index contributed by atoms with van der Waals surface area (Å²) in [6.07, 6.45) is 2.04. The minimum atomic E-state index is -3.55. The summed E-state index contributed by atoms with van der Waals surface area (Å²) in [5, 5.41) is 5.88. The highest BCUT2D eigenvalue weighted by Crippen LogP contribution is 2.24. The molecule has 0 aliphatic heterocycles. The van der Waals surface area contributed by atoms with Gasteiger partial charge in [0.15, 0.2) is 0 Å². The first-order valence-corrected chi connectivity index (χ1v) is 8.35. The predicted molar refractivity (Wildman–Crippen MR) is 81.6 cm³/mol. The minimum absolute atomic E-state index is 0.116. The van der Waals surface area contributed by atoms with Crippen molar-refractivity contribution in [1.29, 1.82) is 0 Å². The Morgan fingerprint density at radius 3 is 2.48 bits per heavy atom. The van der Waals surface area contributed by atoms with Gasteiger partial charge in [-0.2, -0.15) is 0 Å². The number of amides is 1. The van der Waals surface area contributed by atoms with Crippen LogP contribution in [0.1, 0.15) is 19.8 Å². The number of carbonyl (C=O) groups is 1. The van der Waals surface area contributed by atoms with Crippen LogP contribution in [0, 0.1) is 0 Å². The summed E-state index contributed by atoms with van der Waals surface area (Å²) < 4.78 is 25.7. The van der Waals surface area contributed by atoms with Crippen molar-refractivity contribution in [3.05, 3.63) is 24.3 Å². The average molecular weight is 311 g/mol. The molecule has 1 amide bonds. The lowest BCUT2D eigenvalue weighted by Crippen LogP contribution is -2.39. The largest absolute Gasteiger partial charge is 0.373 e. The molecule has 116 valence electrons. The third-order valence-corrected chi connectivity index (χ3v) is 5.21. The summed E-state index contributed by atoms with van der Waals surface area (Å²) >= 11 is 0. The van der Waals surface area contributed by atoms with Crippen molar-refractivity contribution in [3.63, 3.8) is 0 Å². The molecule has 21 heavy (non-hydrogen) atoms. The molecule has 1 aromatic rings. The number of anilines is 1. The fraction of sp³-hybridized carbons (Fsp3) is 0.500. The molecule has 0 saturated heterocycles. The molecule has 0 spiro atoms. The Hall–Kier alpha value is -1.60. The molecule has 0 bridgehead atoms. The van der Waals surface area contributed by atoms with E-state index < -0.39 is 16.1 Å². The maximum absolute atomic E-state index is 12.3. The Bertz CT molecular complexity index is 624. The second-order valence-electron chi connectivity index (χ2n) is 5.43. The second-order valence-corrected chi connectivity index (χ2v) is 7.55. The van der Waals surface area contributed by atoms with E-state index in [-0.39, 0.29) is 16.8 Å². The van der Waals surface area contributed by atoms with Crippen LogP contribution in [-0.2, 0) is 14.8 Å². The predicted octanol–water partition coefficient (Wildman–Crippen LogP) is 1.02. The first-order valence-electron chi connectivity index (χ1n) is 6.91. The molecule has 0 aromatic heterocycles. The SMILES string of the molecule is CC(Nc1ccccc1S(=O)(=O)N(C)C)C(=O)NC1CC1. The van der Waals surface area contributed by atoms with Crippen molar-refractivity contribution in [2.75, 3.05) is 19.4 Å². The molecule has 2 N–H and O–H groups in total. The number of hydrogen-bond acceptors (Lipinski definition) is 4. The standard InChI is InChI=1S/C14H21N3O3S/c1-10(14(18)16-11-8-9-11)15-12-6-4-5-7-13(12)21(19,20)17(2)3/h4-7,10-11,15H,8-9H2,1-3H3,(H,16,18). The molecule has 7 heteroatoms. The van der Waals surface area contributed by atoms with Crippen LogP contribution < -0.4 is 10.6 Å². The van der Waals surface area contributed by atoms with E-state index >= 15 is 0 Å². The quantitative estimate of drug-likeness (QED) is 0.822. The van der Waals surface area contributed by atoms with E-state index in [1.54, 1.807) is 25.1 Å². The summed E-state index contributed by atoms with van der Waals surface area (Å²) in [7, 11) is -0.587. The van der Waals surface area contributed by atoms with Crippen LogP contribution >= 0.6 is 0 Å². The Morgan fingerprint density at radius 2 is 1.90 bits per heavy atom. The van der Waals surface area contributed by atoms with Gasteiger partial charge >= 0.3 is 0 Å².